The number of nitrogens with zero attached hydrogens (tertiary/aromatic N) is 1. The van der Waals surface area contributed by atoms with Gasteiger partial charge in [0.05, 0.1) is 18.7 Å². The van der Waals surface area contributed by atoms with Crippen LogP contribution in [0.5, 0.6) is 5.75 Å². The van der Waals surface area contributed by atoms with E-state index in [1.165, 1.54) is 5.56 Å². The molecule has 0 spiro atoms. The van der Waals surface area contributed by atoms with Gasteiger partial charge in [-0.3, -0.25) is 4.79 Å². The molecule has 1 aliphatic heterocycles. The topological polar surface area (TPSA) is 49.8 Å². The Bertz CT molecular complexity index is 434. The number of hydrogen-bond acceptors (Lipinski definition) is 3. The normalized spacial score (nSPS) is 17.2. The number of amides is 1. The molecule has 0 unspecified atom stereocenters. The molecule has 98 valence electrons. The fraction of sp³-hybridized carbons (Fsp3) is 0.500. The van der Waals surface area contributed by atoms with Crippen molar-refractivity contribution in [1.29, 1.82) is 0 Å². The van der Waals surface area contributed by atoms with Crippen molar-refractivity contribution in [3.8, 4) is 5.75 Å². The molecule has 0 saturated carbocycles. The minimum Gasteiger partial charge on any atom is -0.484 e. The molecule has 18 heavy (non-hydrogen) atoms. The molecule has 1 aliphatic rings. The lowest BCUT2D eigenvalue weighted by Crippen LogP contribution is -2.62. The summed E-state index contributed by atoms with van der Waals surface area (Å²) in [6.45, 7) is 4.62. The highest BCUT2D eigenvalue weighted by Gasteiger charge is 2.39. The number of β-amino-alcohol motifs (C(OH)–C–C–N with tert-alkyl or cyclic N) is 1. The van der Waals surface area contributed by atoms with Gasteiger partial charge in [0.2, 0.25) is 0 Å². The molecular formula is C14H19NO3. The summed E-state index contributed by atoms with van der Waals surface area (Å²) in [5.74, 6) is 0.637. The number of aliphatic hydroxyl groups is 1. The number of aryl methyl sites for hydroxylation is 1. The van der Waals surface area contributed by atoms with Crippen LogP contribution in [-0.4, -0.2) is 41.2 Å². The van der Waals surface area contributed by atoms with Gasteiger partial charge in [0, 0.05) is 0 Å². The zero-order valence-electron chi connectivity index (χ0n) is 10.8. The molecule has 1 aromatic carbocycles. The van der Waals surface area contributed by atoms with Crippen LogP contribution in [0.1, 0.15) is 19.4 Å². The maximum Gasteiger partial charge on any atom is 0.260 e. The number of carbonyl (C=O) groups excluding carboxylic acids is 1. The first-order chi connectivity index (χ1) is 8.50. The molecule has 1 amide bonds. The first kappa shape index (κ1) is 12.9. The molecule has 1 N–H and O–H groups in total. The van der Waals surface area contributed by atoms with E-state index < -0.39 is 5.60 Å². The van der Waals surface area contributed by atoms with E-state index in [9.17, 15) is 9.90 Å². The first-order valence-electron chi connectivity index (χ1n) is 6.22. The number of ether oxygens (including phenoxy) is 1. The second kappa shape index (κ2) is 4.98. The maximum atomic E-state index is 11.7. The Kier molecular flexibility index (Phi) is 3.57. The standard InChI is InChI=1S/C14H19NO3/c1-3-11-5-4-6-12(7-11)18-8-13(16)15-9-14(2,17)10-15/h4-7,17H,3,8-10H2,1-2H3. The van der Waals surface area contributed by atoms with Gasteiger partial charge in [0.1, 0.15) is 5.75 Å². The minimum atomic E-state index is -0.724. The maximum absolute atomic E-state index is 11.7. The zero-order valence-corrected chi connectivity index (χ0v) is 10.8. The Labute approximate surface area is 107 Å². The minimum absolute atomic E-state index is 0.0310. The van der Waals surface area contributed by atoms with E-state index in [0.29, 0.717) is 13.1 Å². The summed E-state index contributed by atoms with van der Waals surface area (Å²) in [5, 5.41) is 9.55. The number of rotatable bonds is 4. The summed E-state index contributed by atoms with van der Waals surface area (Å²) < 4.78 is 5.46. The third-order valence-corrected chi connectivity index (χ3v) is 3.08. The van der Waals surface area contributed by atoms with Crippen LogP contribution in [0, 0.1) is 0 Å². The molecule has 1 saturated heterocycles. The van der Waals surface area contributed by atoms with Crippen molar-refractivity contribution in [2.24, 2.45) is 0 Å². The quantitative estimate of drug-likeness (QED) is 0.873. The average molecular weight is 249 g/mol. The SMILES string of the molecule is CCc1cccc(OCC(=O)N2CC(C)(O)C2)c1. The Morgan fingerprint density at radius 3 is 2.83 bits per heavy atom. The van der Waals surface area contributed by atoms with E-state index in [2.05, 4.69) is 6.92 Å². The van der Waals surface area contributed by atoms with E-state index in [-0.39, 0.29) is 12.5 Å². The van der Waals surface area contributed by atoms with Crippen molar-refractivity contribution in [3.05, 3.63) is 29.8 Å². The average Bonchev–Trinajstić information content (AvgIpc) is 2.33. The molecule has 1 aromatic rings. The van der Waals surface area contributed by atoms with Gasteiger partial charge in [-0.15, -0.1) is 0 Å². The molecule has 0 aromatic heterocycles. The van der Waals surface area contributed by atoms with E-state index in [4.69, 9.17) is 4.74 Å². The summed E-state index contributed by atoms with van der Waals surface area (Å²) in [7, 11) is 0. The van der Waals surface area contributed by atoms with Crippen LogP contribution >= 0.6 is 0 Å². The van der Waals surface area contributed by atoms with E-state index in [0.717, 1.165) is 12.2 Å². The molecule has 2 rings (SSSR count). The number of likely N-dealkylation sites (tertiary alicyclic amines) is 1. The van der Waals surface area contributed by atoms with E-state index in [1.807, 2.05) is 24.3 Å². The summed E-state index contributed by atoms with van der Waals surface area (Å²) in [6, 6.07) is 7.74. The predicted octanol–water partition coefficient (Wildman–Crippen LogP) is 1.22. The van der Waals surface area contributed by atoms with Crippen LogP contribution in [0.3, 0.4) is 0 Å². The number of carbonyl (C=O) groups is 1. The van der Waals surface area contributed by atoms with Crippen LogP contribution in [0.2, 0.25) is 0 Å². The summed E-state index contributed by atoms with van der Waals surface area (Å²) >= 11 is 0. The van der Waals surface area contributed by atoms with Gasteiger partial charge in [0.15, 0.2) is 6.61 Å². The fourth-order valence-corrected chi connectivity index (χ4v) is 2.04. The second-order valence-electron chi connectivity index (χ2n) is 5.04. The molecule has 0 aliphatic carbocycles. The third-order valence-electron chi connectivity index (χ3n) is 3.08. The largest absolute Gasteiger partial charge is 0.484 e. The monoisotopic (exact) mass is 249 g/mol. The van der Waals surface area contributed by atoms with Gasteiger partial charge < -0.3 is 14.7 Å². The highest BCUT2D eigenvalue weighted by molar-refractivity contribution is 5.78. The van der Waals surface area contributed by atoms with Gasteiger partial charge in [-0.2, -0.15) is 0 Å². The lowest BCUT2D eigenvalue weighted by atomic mass is 9.97. The van der Waals surface area contributed by atoms with Crippen molar-refractivity contribution in [3.63, 3.8) is 0 Å². The van der Waals surface area contributed by atoms with Gasteiger partial charge in [-0.25, -0.2) is 0 Å². The molecule has 0 bridgehead atoms. The van der Waals surface area contributed by atoms with Crippen molar-refractivity contribution in [2.45, 2.75) is 25.9 Å². The van der Waals surface area contributed by atoms with Gasteiger partial charge in [-0.1, -0.05) is 19.1 Å². The second-order valence-corrected chi connectivity index (χ2v) is 5.04. The van der Waals surface area contributed by atoms with Crippen molar-refractivity contribution >= 4 is 5.91 Å². The molecule has 4 nitrogen and oxygen atoms in total. The molecule has 1 fully saturated rings. The lowest BCUT2D eigenvalue weighted by molar-refractivity contribution is -0.154. The van der Waals surface area contributed by atoms with Crippen LogP contribution < -0.4 is 4.74 Å². The Morgan fingerprint density at radius 1 is 1.50 bits per heavy atom. The van der Waals surface area contributed by atoms with E-state index in [1.54, 1.807) is 11.8 Å². The van der Waals surface area contributed by atoms with Crippen LogP contribution in [0.4, 0.5) is 0 Å². The molecular weight excluding hydrogens is 230 g/mol. The smallest absolute Gasteiger partial charge is 0.260 e. The van der Waals surface area contributed by atoms with Crippen LogP contribution in [0.15, 0.2) is 24.3 Å². The number of hydrogen-bond donors (Lipinski definition) is 1. The van der Waals surface area contributed by atoms with Crippen molar-refractivity contribution in [2.75, 3.05) is 19.7 Å². The van der Waals surface area contributed by atoms with Crippen molar-refractivity contribution in [1.82, 2.24) is 4.90 Å². The van der Waals surface area contributed by atoms with E-state index >= 15 is 0 Å². The third kappa shape index (κ3) is 3.01. The highest BCUT2D eigenvalue weighted by Crippen LogP contribution is 2.20. The molecule has 1 heterocycles. The summed E-state index contributed by atoms with van der Waals surface area (Å²) in [6.07, 6.45) is 0.945. The summed E-state index contributed by atoms with van der Waals surface area (Å²) in [4.78, 5) is 13.3. The van der Waals surface area contributed by atoms with Gasteiger partial charge in [-0.05, 0) is 31.0 Å². The van der Waals surface area contributed by atoms with Crippen LogP contribution in [-0.2, 0) is 11.2 Å². The zero-order chi connectivity index (χ0) is 13.2. The Morgan fingerprint density at radius 2 is 2.22 bits per heavy atom. The highest BCUT2D eigenvalue weighted by atomic mass is 16.5. The Hall–Kier alpha value is -1.55. The van der Waals surface area contributed by atoms with Crippen LogP contribution in [0.25, 0.3) is 0 Å². The van der Waals surface area contributed by atoms with Gasteiger partial charge >= 0.3 is 0 Å². The molecule has 0 radical (unpaired) electrons. The Balaban J connectivity index is 1.82. The molecule has 0 atom stereocenters. The molecule has 4 heteroatoms. The fourth-order valence-electron chi connectivity index (χ4n) is 2.04. The first-order valence-corrected chi connectivity index (χ1v) is 6.22. The lowest BCUT2D eigenvalue weighted by Gasteiger charge is -2.43. The number of benzene rings is 1. The summed E-state index contributed by atoms with van der Waals surface area (Å²) in [5.41, 5.74) is 0.462. The predicted molar refractivity (Wildman–Crippen MR) is 68.5 cm³/mol. The van der Waals surface area contributed by atoms with Crippen molar-refractivity contribution < 1.29 is 14.6 Å². The van der Waals surface area contributed by atoms with Gasteiger partial charge in [0.25, 0.3) is 5.91 Å².